The van der Waals surface area contributed by atoms with Crippen LogP contribution in [-0.4, -0.2) is 40.5 Å². The summed E-state index contributed by atoms with van der Waals surface area (Å²) in [4.78, 5) is 59.5. The normalized spacial score (nSPS) is 7.70. The molecule has 10 heteroatoms. The van der Waals surface area contributed by atoms with Gasteiger partial charge in [-0.2, -0.15) is 0 Å². The predicted molar refractivity (Wildman–Crippen MR) is 54.2 cm³/mol. The number of aliphatic carboxylic acids is 2. The minimum atomic E-state index is -1.80. The van der Waals surface area contributed by atoms with E-state index in [1.165, 1.54) is 0 Å². The van der Waals surface area contributed by atoms with E-state index in [-0.39, 0.29) is 22.3 Å². The van der Waals surface area contributed by atoms with Gasteiger partial charge in [0.15, 0.2) is 11.6 Å². The summed E-state index contributed by atoms with van der Waals surface area (Å²) >= 11 is 0. The van der Waals surface area contributed by atoms with Gasteiger partial charge in [-0.3, -0.25) is 19.2 Å². The van der Waals surface area contributed by atoms with Gasteiger partial charge in [0.2, 0.25) is 0 Å². The Kier molecular flexibility index (Phi) is 18.0. The Morgan fingerprint density at radius 3 is 0.950 bits per heavy atom. The molecule has 0 rings (SSSR count). The molecule has 0 saturated heterocycles. The summed E-state index contributed by atoms with van der Waals surface area (Å²) in [5.74, 6) is -6.87. The average Bonchev–Trinajstić information content (AvgIpc) is 2.16. The summed E-state index contributed by atoms with van der Waals surface area (Å²) in [6, 6.07) is 0. The van der Waals surface area contributed by atoms with E-state index < -0.39 is 47.9 Å². The number of carbonyl (C=O) groups excluding carboxylic acids is 6. The molecule has 0 fully saturated rings. The number of ketones is 4. The molecular weight excluding hydrogens is 323 g/mol. The second-order valence-corrected chi connectivity index (χ2v) is 3.18. The minimum absolute atomic E-state index is 0. The van der Waals surface area contributed by atoms with Gasteiger partial charge in [0.1, 0.15) is 23.5 Å². The third kappa shape index (κ3) is 18.5. The molecule has 0 aromatic rings. The molecule has 0 aliphatic rings. The van der Waals surface area contributed by atoms with Crippen LogP contribution in [0.15, 0.2) is 0 Å². The number of carbonyl (C=O) groups is 6. The van der Waals surface area contributed by atoms with Crippen LogP contribution in [0.5, 0.6) is 0 Å². The number of rotatable bonds is 6. The van der Waals surface area contributed by atoms with E-state index in [4.69, 9.17) is 0 Å². The zero-order chi connectivity index (χ0) is 14.9. The van der Waals surface area contributed by atoms with Gasteiger partial charge in [0.25, 0.3) is 0 Å². The molecule has 115 valence electrons. The zero-order valence-electron chi connectivity index (χ0n) is 10.5. The first kappa shape index (κ1) is 26.6. The molecule has 0 saturated carbocycles. The van der Waals surface area contributed by atoms with Crippen LogP contribution < -0.4 is 10.2 Å². The molecule has 0 atom stereocenters. The maximum atomic E-state index is 10.1. The molecule has 2 N–H and O–H groups in total. The number of hydrogen-bond donors (Lipinski definition) is 0. The minimum Gasteiger partial charge on any atom is -0.542 e. The number of carboxylic acids is 2. The quantitative estimate of drug-likeness (QED) is 0.345. The summed E-state index contributed by atoms with van der Waals surface area (Å²) in [6.45, 7) is 2.28. The zero-order valence-corrected chi connectivity index (χ0v) is 11.6. The molecule has 0 amide bonds. The summed E-state index contributed by atoms with van der Waals surface area (Å²) < 4.78 is 0. The van der Waals surface area contributed by atoms with Gasteiger partial charge in [-0.1, -0.05) is 0 Å². The molecule has 0 aromatic heterocycles. The maximum Gasteiger partial charge on any atom is 2.00 e. The van der Waals surface area contributed by atoms with Crippen molar-refractivity contribution in [1.29, 1.82) is 0 Å². The Morgan fingerprint density at radius 2 is 0.900 bits per heavy atom. The van der Waals surface area contributed by atoms with E-state index in [1.807, 2.05) is 0 Å². The fourth-order valence-electron chi connectivity index (χ4n) is 0.597. The smallest absolute Gasteiger partial charge is 0.542 e. The van der Waals surface area contributed by atoms with Crippen LogP contribution in [0.2, 0.25) is 0 Å². The maximum absolute atomic E-state index is 10.1. The first-order valence-electron chi connectivity index (χ1n) is 4.55. The molecule has 0 aliphatic heterocycles. The van der Waals surface area contributed by atoms with Crippen LogP contribution in [0.3, 0.4) is 0 Å². The van der Waals surface area contributed by atoms with Crippen molar-refractivity contribution in [2.45, 2.75) is 26.7 Å². The fraction of sp³-hybridized carbons (Fsp3) is 0.400. The standard InChI is InChI=1S/2C5H6O4.Co.H2O/c2*1-3(6)2-4(7)5(8)9;;/h2*2H2,1H3,(H,8,9);;1H2/q;;+2;/p-2. The monoisotopic (exact) mass is 335 g/mol. The Labute approximate surface area is 123 Å². The van der Waals surface area contributed by atoms with Gasteiger partial charge in [-0.25, -0.2) is 0 Å². The first-order chi connectivity index (χ1) is 8.07. The molecule has 9 nitrogen and oxygen atoms in total. The topological polar surface area (TPSA) is 180 Å². The first-order valence-corrected chi connectivity index (χ1v) is 4.55. The van der Waals surface area contributed by atoms with E-state index in [9.17, 15) is 39.0 Å². The third-order valence-electron chi connectivity index (χ3n) is 1.27. The summed E-state index contributed by atoms with van der Waals surface area (Å²) in [7, 11) is 0. The molecular formula is C10H12CoO9. The van der Waals surface area contributed by atoms with Crippen molar-refractivity contribution in [3.63, 3.8) is 0 Å². The van der Waals surface area contributed by atoms with Gasteiger partial charge >= 0.3 is 16.8 Å². The molecule has 1 radical (unpaired) electrons. The number of Topliss-reactive ketones (excluding diaryl/α,β-unsaturated/α-hetero) is 4. The second kappa shape index (κ2) is 13.5. The summed E-state index contributed by atoms with van der Waals surface area (Å²) in [5, 5.41) is 19.2. The number of carboxylic acid groups (broad SMARTS) is 2. The Hall–Kier alpha value is -1.91. The van der Waals surface area contributed by atoms with Crippen LogP contribution >= 0.6 is 0 Å². The molecule has 0 heterocycles. The van der Waals surface area contributed by atoms with E-state index in [0.717, 1.165) is 13.8 Å². The average molecular weight is 335 g/mol. The van der Waals surface area contributed by atoms with Gasteiger partial charge < -0.3 is 25.3 Å². The largest absolute Gasteiger partial charge is 2.00 e. The molecule has 0 unspecified atom stereocenters. The van der Waals surface area contributed by atoms with Crippen molar-refractivity contribution in [2.75, 3.05) is 0 Å². The summed E-state index contributed by atoms with van der Waals surface area (Å²) in [6.07, 6.45) is -1.13. The molecule has 0 aromatic carbocycles. The van der Waals surface area contributed by atoms with Gasteiger partial charge in [-0.05, 0) is 13.8 Å². The van der Waals surface area contributed by atoms with Crippen molar-refractivity contribution in [2.24, 2.45) is 0 Å². The molecule has 0 bridgehead atoms. The van der Waals surface area contributed by atoms with E-state index >= 15 is 0 Å². The third-order valence-corrected chi connectivity index (χ3v) is 1.27. The second-order valence-electron chi connectivity index (χ2n) is 3.18. The number of hydrogen-bond acceptors (Lipinski definition) is 8. The van der Waals surface area contributed by atoms with Crippen LogP contribution in [0.4, 0.5) is 0 Å². The van der Waals surface area contributed by atoms with Crippen molar-refractivity contribution < 1.29 is 61.2 Å². The van der Waals surface area contributed by atoms with Gasteiger partial charge in [0.05, 0.1) is 12.8 Å². The van der Waals surface area contributed by atoms with Crippen LogP contribution in [0.25, 0.3) is 0 Å². The van der Waals surface area contributed by atoms with Gasteiger partial charge in [-0.15, -0.1) is 0 Å². The summed E-state index contributed by atoms with van der Waals surface area (Å²) in [5.41, 5.74) is 0. The Balaban J connectivity index is -0.000000116. The SMILES string of the molecule is CC(=O)CC(=O)C(=O)[O-].CC(=O)CC(=O)C(=O)[O-].O.[Co+2]. The predicted octanol–water partition coefficient (Wildman–Crippen LogP) is -4.26. The van der Waals surface area contributed by atoms with Crippen LogP contribution in [0.1, 0.15) is 26.7 Å². The van der Waals surface area contributed by atoms with Crippen molar-refractivity contribution in [1.82, 2.24) is 0 Å². The Bertz CT molecular complexity index is 362. The van der Waals surface area contributed by atoms with Crippen LogP contribution in [-0.2, 0) is 45.5 Å². The molecule has 20 heavy (non-hydrogen) atoms. The van der Waals surface area contributed by atoms with E-state index in [2.05, 4.69) is 0 Å². The van der Waals surface area contributed by atoms with Crippen LogP contribution in [0, 0.1) is 0 Å². The van der Waals surface area contributed by atoms with Crippen molar-refractivity contribution in [3.05, 3.63) is 0 Å². The fourth-order valence-corrected chi connectivity index (χ4v) is 0.597. The van der Waals surface area contributed by atoms with Gasteiger partial charge in [0, 0.05) is 0 Å². The Morgan fingerprint density at radius 1 is 0.700 bits per heavy atom. The molecule has 0 spiro atoms. The molecule has 0 aliphatic carbocycles. The van der Waals surface area contributed by atoms with Crippen molar-refractivity contribution >= 4 is 35.1 Å². The van der Waals surface area contributed by atoms with E-state index in [1.54, 1.807) is 0 Å². The van der Waals surface area contributed by atoms with E-state index in [0.29, 0.717) is 0 Å². The van der Waals surface area contributed by atoms with Crippen molar-refractivity contribution in [3.8, 4) is 0 Å².